The van der Waals surface area contributed by atoms with Crippen LogP contribution in [0, 0.1) is 0 Å². The molecule has 1 aliphatic rings. The Kier molecular flexibility index (Phi) is 2.93. The highest BCUT2D eigenvalue weighted by Gasteiger charge is 2.39. The van der Waals surface area contributed by atoms with E-state index in [-0.39, 0.29) is 11.3 Å². The number of rotatable bonds is 3. The molecule has 0 aromatic heterocycles. The maximum Gasteiger partial charge on any atom is 0.336 e. The van der Waals surface area contributed by atoms with Crippen molar-refractivity contribution in [3.8, 4) is 5.75 Å². The number of ether oxygens (including phenoxy) is 1. The van der Waals surface area contributed by atoms with Gasteiger partial charge in [0.25, 0.3) is 6.35 Å². The van der Waals surface area contributed by atoms with Crippen molar-refractivity contribution in [2.45, 2.75) is 13.3 Å². The molecular weight excluding hydrogens is 236 g/mol. The van der Waals surface area contributed by atoms with Crippen LogP contribution in [0.3, 0.4) is 0 Å². The van der Waals surface area contributed by atoms with Gasteiger partial charge in [0, 0.05) is 11.6 Å². The number of nitrogens with one attached hydrogen (secondary N) is 1. The highest BCUT2D eigenvalue weighted by Crippen LogP contribution is 2.26. The molecule has 2 rings (SSSR count). The molecule has 1 aliphatic heterocycles. The summed E-state index contributed by atoms with van der Waals surface area (Å²) in [6.07, 6.45) is -0.872. The van der Waals surface area contributed by atoms with Crippen LogP contribution in [0.4, 0.5) is 10.5 Å². The van der Waals surface area contributed by atoms with E-state index in [1.54, 1.807) is 12.1 Å². The van der Waals surface area contributed by atoms with Gasteiger partial charge in [-0.1, -0.05) is 12.6 Å². The SMILES string of the molecule is C=C(C)C(=O)OC1NC(=O)N1c1cccc(O)c1. The fourth-order valence-electron chi connectivity index (χ4n) is 1.46. The quantitative estimate of drug-likeness (QED) is 0.624. The molecule has 1 fully saturated rings. The van der Waals surface area contributed by atoms with Gasteiger partial charge < -0.3 is 9.84 Å². The molecule has 6 heteroatoms. The first-order chi connectivity index (χ1) is 8.49. The highest BCUT2D eigenvalue weighted by molar-refractivity contribution is 5.99. The van der Waals surface area contributed by atoms with Crippen molar-refractivity contribution in [2.24, 2.45) is 0 Å². The van der Waals surface area contributed by atoms with Gasteiger partial charge in [0.2, 0.25) is 0 Å². The van der Waals surface area contributed by atoms with Crippen LogP contribution in [0.2, 0.25) is 0 Å². The number of hydrogen-bond donors (Lipinski definition) is 2. The normalized spacial score (nSPS) is 17.7. The van der Waals surface area contributed by atoms with Crippen LogP contribution >= 0.6 is 0 Å². The Morgan fingerprint density at radius 2 is 2.28 bits per heavy atom. The number of carbonyl (C=O) groups excluding carboxylic acids is 2. The van der Waals surface area contributed by atoms with Gasteiger partial charge in [0.1, 0.15) is 5.75 Å². The van der Waals surface area contributed by atoms with Gasteiger partial charge in [-0.05, 0) is 19.1 Å². The number of esters is 1. The summed E-state index contributed by atoms with van der Waals surface area (Å²) in [6.45, 7) is 4.97. The van der Waals surface area contributed by atoms with Gasteiger partial charge in [-0.15, -0.1) is 0 Å². The van der Waals surface area contributed by atoms with Crippen molar-refractivity contribution in [1.82, 2.24) is 5.32 Å². The first-order valence-electron chi connectivity index (χ1n) is 5.24. The predicted octanol–water partition coefficient (Wildman–Crippen LogP) is 1.32. The Hall–Kier alpha value is -2.50. The van der Waals surface area contributed by atoms with Crippen LogP contribution in [0.15, 0.2) is 36.4 Å². The van der Waals surface area contributed by atoms with Crippen LogP contribution in [0.1, 0.15) is 6.92 Å². The number of aromatic hydroxyl groups is 1. The highest BCUT2D eigenvalue weighted by atomic mass is 16.6. The Morgan fingerprint density at radius 3 is 2.83 bits per heavy atom. The summed E-state index contributed by atoms with van der Waals surface area (Å²) >= 11 is 0. The van der Waals surface area contributed by atoms with E-state index in [2.05, 4.69) is 11.9 Å². The number of phenolic OH excluding ortho intramolecular Hbond substituents is 1. The molecule has 0 radical (unpaired) electrons. The minimum Gasteiger partial charge on any atom is -0.508 e. The molecule has 1 saturated heterocycles. The number of anilines is 1. The van der Waals surface area contributed by atoms with Gasteiger partial charge in [-0.25, -0.2) is 14.5 Å². The van der Waals surface area contributed by atoms with Crippen LogP contribution in [-0.2, 0) is 9.53 Å². The Morgan fingerprint density at radius 1 is 1.56 bits per heavy atom. The zero-order valence-corrected chi connectivity index (χ0v) is 9.71. The van der Waals surface area contributed by atoms with Crippen LogP contribution < -0.4 is 10.2 Å². The topological polar surface area (TPSA) is 78.9 Å². The number of urea groups is 1. The standard InChI is InChI=1S/C12H12N2O4/c1-7(2)10(16)18-12-13-11(17)14(12)8-4-3-5-9(15)6-8/h3-6,12,15H,1H2,2H3,(H,13,17). The van der Waals surface area contributed by atoms with E-state index < -0.39 is 18.4 Å². The number of nitrogens with zero attached hydrogens (tertiary/aromatic N) is 1. The lowest BCUT2D eigenvalue weighted by atomic mass is 10.2. The molecule has 2 amide bonds. The van der Waals surface area contributed by atoms with E-state index in [0.29, 0.717) is 5.69 Å². The minimum atomic E-state index is -0.872. The molecule has 0 aliphatic carbocycles. The maximum absolute atomic E-state index is 11.4. The second-order valence-corrected chi connectivity index (χ2v) is 3.88. The summed E-state index contributed by atoms with van der Waals surface area (Å²) in [5.41, 5.74) is 0.685. The van der Waals surface area contributed by atoms with E-state index in [9.17, 15) is 14.7 Å². The van der Waals surface area contributed by atoms with Gasteiger partial charge in [0.15, 0.2) is 0 Å². The van der Waals surface area contributed by atoms with E-state index >= 15 is 0 Å². The first kappa shape index (κ1) is 12.0. The molecule has 1 unspecified atom stereocenters. The molecule has 94 valence electrons. The van der Waals surface area contributed by atoms with Crippen molar-refractivity contribution in [3.05, 3.63) is 36.4 Å². The second-order valence-electron chi connectivity index (χ2n) is 3.88. The largest absolute Gasteiger partial charge is 0.508 e. The zero-order valence-electron chi connectivity index (χ0n) is 9.71. The van der Waals surface area contributed by atoms with Crippen LogP contribution in [0.5, 0.6) is 5.75 Å². The second kappa shape index (κ2) is 4.40. The van der Waals surface area contributed by atoms with E-state index in [0.717, 1.165) is 0 Å². The lowest BCUT2D eigenvalue weighted by Crippen LogP contribution is -2.67. The van der Waals surface area contributed by atoms with E-state index in [1.807, 2.05) is 0 Å². The van der Waals surface area contributed by atoms with Crippen molar-refractivity contribution in [3.63, 3.8) is 0 Å². The smallest absolute Gasteiger partial charge is 0.336 e. The molecule has 1 aromatic rings. The molecular formula is C12H12N2O4. The summed E-state index contributed by atoms with van der Waals surface area (Å²) in [6, 6.07) is 5.70. The zero-order chi connectivity index (χ0) is 13.3. The molecule has 6 nitrogen and oxygen atoms in total. The average molecular weight is 248 g/mol. The fourth-order valence-corrected chi connectivity index (χ4v) is 1.46. The molecule has 1 aromatic carbocycles. The van der Waals surface area contributed by atoms with Crippen molar-refractivity contribution >= 4 is 17.7 Å². The molecule has 0 spiro atoms. The van der Waals surface area contributed by atoms with E-state index in [1.165, 1.54) is 24.0 Å². The summed E-state index contributed by atoms with van der Waals surface area (Å²) in [5, 5.41) is 11.8. The summed E-state index contributed by atoms with van der Waals surface area (Å²) in [5.74, 6) is -0.567. The van der Waals surface area contributed by atoms with Gasteiger partial charge in [-0.2, -0.15) is 0 Å². The van der Waals surface area contributed by atoms with Gasteiger partial charge in [-0.3, -0.25) is 5.32 Å². The lowest BCUT2D eigenvalue weighted by Gasteiger charge is -2.39. The molecule has 0 saturated carbocycles. The van der Waals surface area contributed by atoms with Crippen molar-refractivity contribution in [2.75, 3.05) is 4.90 Å². The monoisotopic (exact) mass is 248 g/mol. The van der Waals surface area contributed by atoms with Crippen LogP contribution in [0.25, 0.3) is 0 Å². The number of carbonyl (C=O) groups is 2. The van der Waals surface area contributed by atoms with Crippen molar-refractivity contribution < 1.29 is 19.4 Å². The average Bonchev–Trinajstić information content (AvgIpc) is 2.27. The minimum absolute atomic E-state index is 0.0252. The third-order valence-electron chi connectivity index (χ3n) is 2.38. The van der Waals surface area contributed by atoms with E-state index in [4.69, 9.17) is 4.74 Å². The Bertz CT molecular complexity index is 527. The van der Waals surface area contributed by atoms with Gasteiger partial charge in [0.05, 0.1) is 5.69 Å². The van der Waals surface area contributed by atoms with Crippen LogP contribution in [-0.4, -0.2) is 23.5 Å². The molecule has 2 N–H and O–H groups in total. The molecule has 18 heavy (non-hydrogen) atoms. The number of hydrogen-bond acceptors (Lipinski definition) is 4. The van der Waals surface area contributed by atoms with Gasteiger partial charge >= 0.3 is 12.0 Å². The summed E-state index contributed by atoms with van der Waals surface area (Å²) < 4.78 is 5.00. The third-order valence-corrected chi connectivity index (χ3v) is 2.38. The van der Waals surface area contributed by atoms with Crippen molar-refractivity contribution in [1.29, 1.82) is 0 Å². The first-order valence-corrected chi connectivity index (χ1v) is 5.24. The number of amides is 2. The summed E-state index contributed by atoms with van der Waals surface area (Å²) in [7, 11) is 0. The Balaban J connectivity index is 2.14. The third kappa shape index (κ3) is 2.13. The summed E-state index contributed by atoms with van der Waals surface area (Å²) in [4.78, 5) is 24.0. The fraction of sp³-hybridized carbons (Fsp3) is 0.167. The molecule has 1 atom stereocenters. The molecule has 1 heterocycles. The Labute approximate surface area is 103 Å². The number of benzene rings is 1. The number of phenols is 1. The molecule has 0 bridgehead atoms. The predicted molar refractivity (Wildman–Crippen MR) is 63.8 cm³/mol. The lowest BCUT2D eigenvalue weighted by molar-refractivity contribution is -0.146. The maximum atomic E-state index is 11.4.